The van der Waals surface area contributed by atoms with Gasteiger partial charge in [0, 0.05) is 6.42 Å². The van der Waals surface area contributed by atoms with Gasteiger partial charge in [0.05, 0.1) is 12.2 Å². The quantitative estimate of drug-likeness (QED) is 0.718. The molecule has 1 atom stereocenters. The highest BCUT2D eigenvalue weighted by Crippen LogP contribution is 2.27. The van der Waals surface area contributed by atoms with Crippen LogP contribution in [0.5, 0.6) is 0 Å². The molecule has 0 bridgehead atoms. The number of furan rings is 1. The Kier molecular flexibility index (Phi) is 4.84. The second-order valence-corrected chi connectivity index (χ2v) is 5.05. The van der Waals surface area contributed by atoms with Gasteiger partial charge in [-0.1, -0.05) is 38.5 Å². The molecule has 1 aromatic heterocycles. The normalized spacial score (nSPS) is 24.2. The van der Waals surface area contributed by atoms with E-state index in [2.05, 4.69) is 0 Å². The molecule has 0 amide bonds. The lowest BCUT2D eigenvalue weighted by molar-refractivity contribution is -0.121. The van der Waals surface area contributed by atoms with Crippen LogP contribution in [0.4, 0.5) is 0 Å². The predicted octanol–water partition coefficient (Wildman–Crippen LogP) is 4.46. The zero-order chi connectivity index (χ0) is 11.9. The fourth-order valence-corrected chi connectivity index (χ4v) is 2.66. The number of Topliss-reactive ketones (excluding diaryl/α,β-unsaturated/α-hetero) is 1. The third-order valence-corrected chi connectivity index (χ3v) is 3.69. The highest BCUT2D eigenvalue weighted by molar-refractivity contribution is 5.85. The molecule has 0 saturated heterocycles. The zero-order valence-corrected chi connectivity index (χ0v) is 10.5. The molecular weight excluding hydrogens is 212 g/mol. The molecule has 1 unspecified atom stereocenters. The molecule has 17 heavy (non-hydrogen) atoms. The lowest BCUT2D eigenvalue weighted by Crippen LogP contribution is -2.11. The average Bonchev–Trinajstić information content (AvgIpc) is 2.83. The summed E-state index contributed by atoms with van der Waals surface area (Å²) < 4.78 is 5.42. The Labute approximate surface area is 103 Å². The Morgan fingerprint density at radius 3 is 2.41 bits per heavy atom. The molecule has 0 spiro atoms. The summed E-state index contributed by atoms with van der Waals surface area (Å²) in [4.78, 5) is 12.2. The van der Waals surface area contributed by atoms with Crippen LogP contribution in [0, 0.1) is 0 Å². The molecule has 1 heterocycles. The van der Waals surface area contributed by atoms with Crippen molar-refractivity contribution in [2.45, 2.75) is 63.7 Å². The first-order chi connectivity index (χ1) is 8.38. The van der Waals surface area contributed by atoms with Crippen LogP contribution in [0.3, 0.4) is 0 Å². The van der Waals surface area contributed by atoms with Gasteiger partial charge in [-0.2, -0.15) is 0 Å². The first-order valence-corrected chi connectivity index (χ1v) is 6.94. The summed E-state index contributed by atoms with van der Waals surface area (Å²) in [5, 5.41) is 0. The number of ketones is 1. The van der Waals surface area contributed by atoms with Gasteiger partial charge >= 0.3 is 0 Å². The van der Waals surface area contributed by atoms with Crippen molar-refractivity contribution in [1.82, 2.24) is 0 Å². The van der Waals surface area contributed by atoms with Crippen LogP contribution in [0.25, 0.3) is 0 Å². The number of carbonyl (C=O) groups excluding carboxylic acids is 1. The Balaban J connectivity index is 2.01. The van der Waals surface area contributed by atoms with Gasteiger partial charge in [0.1, 0.15) is 11.5 Å². The van der Waals surface area contributed by atoms with E-state index in [1.54, 1.807) is 6.26 Å². The maximum absolute atomic E-state index is 12.2. The average molecular weight is 234 g/mol. The van der Waals surface area contributed by atoms with Crippen molar-refractivity contribution in [2.24, 2.45) is 0 Å². The minimum atomic E-state index is 0.0168. The molecule has 94 valence electrons. The predicted molar refractivity (Wildman–Crippen MR) is 68.0 cm³/mol. The summed E-state index contributed by atoms with van der Waals surface area (Å²) in [7, 11) is 0. The van der Waals surface area contributed by atoms with Crippen molar-refractivity contribution in [3.8, 4) is 0 Å². The largest absolute Gasteiger partial charge is 0.469 e. The fourth-order valence-electron chi connectivity index (χ4n) is 2.66. The molecule has 0 aromatic carbocycles. The minimum absolute atomic E-state index is 0.0168. The van der Waals surface area contributed by atoms with Gasteiger partial charge in [-0.05, 0) is 25.0 Å². The lowest BCUT2D eigenvalue weighted by Gasteiger charge is -2.12. The number of hydrogen-bond donors (Lipinski definition) is 0. The van der Waals surface area contributed by atoms with Gasteiger partial charge in [-0.15, -0.1) is 0 Å². The van der Waals surface area contributed by atoms with E-state index in [1.165, 1.54) is 32.1 Å². The van der Waals surface area contributed by atoms with Crippen molar-refractivity contribution in [2.75, 3.05) is 0 Å². The van der Waals surface area contributed by atoms with E-state index in [1.807, 2.05) is 12.1 Å². The molecule has 0 radical (unpaired) electrons. The van der Waals surface area contributed by atoms with Crippen molar-refractivity contribution in [3.63, 3.8) is 0 Å². The van der Waals surface area contributed by atoms with E-state index in [4.69, 9.17) is 4.42 Å². The molecule has 1 fully saturated rings. The van der Waals surface area contributed by atoms with Crippen LogP contribution in [-0.2, 0) is 4.79 Å². The Morgan fingerprint density at radius 1 is 1.00 bits per heavy atom. The number of carbonyl (C=O) groups is 1. The molecule has 2 rings (SSSR count). The summed E-state index contributed by atoms with van der Waals surface area (Å²) in [6.45, 7) is 0. The molecular formula is C15H22O2. The van der Waals surface area contributed by atoms with E-state index in [0.29, 0.717) is 5.78 Å². The first-order valence-electron chi connectivity index (χ1n) is 6.94. The second-order valence-electron chi connectivity index (χ2n) is 5.05. The first kappa shape index (κ1) is 12.4. The second kappa shape index (κ2) is 6.63. The number of hydrogen-bond acceptors (Lipinski definition) is 2. The van der Waals surface area contributed by atoms with Crippen molar-refractivity contribution < 1.29 is 9.21 Å². The highest BCUT2D eigenvalue weighted by Gasteiger charge is 2.22. The molecule has 2 nitrogen and oxygen atoms in total. The van der Waals surface area contributed by atoms with E-state index in [0.717, 1.165) is 31.4 Å². The van der Waals surface area contributed by atoms with Crippen LogP contribution in [0.15, 0.2) is 22.8 Å². The molecule has 0 N–H and O–H groups in total. The van der Waals surface area contributed by atoms with Gasteiger partial charge in [0.15, 0.2) is 0 Å². The Hall–Kier alpha value is -1.05. The smallest absolute Gasteiger partial charge is 0.143 e. The molecule has 1 aliphatic rings. The molecule has 2 heteroatoms. The summed E-state index contributed by atoms with van der Waals surface area (Å²) in [6.07, 6.45) is 12.0. The van der Waals surface area contributed by atoms with E-state index < -0.39 is 0 Å². The van der Waals surface area contributed by atoms with Crippen LogP contribution in [0.1, 0.15) is 69.5 Å². The van der Waals surface area contributed by atoms with Crippen LogP contribution < -0.4 is 0 Å². The Morgan fingerprint density at radius 2 is 1.71 bits per heavy atom. The molecule has 1 saturated carbocycles. The third-order valence-electron chi connectivity index (χ3n) is 3.69. The minimum Gasteiger partial charge on any atom is -0.469 e. The standard InChI is InChI=1S/C15H22O2/c16-14-10-7-5-3-1-2-4-6-9-13(14)15-11-8-12-17-15/h8,11-13H,1-7,9-10H2. The van der Waals surface area contributed by atoms with Gasteiger partial charge in [0.25, 0.3) is 0 Å². The highest BCUT2D eigenvalue weighted by atomic mass is 16.3. The van der Waals surface area contributed by atoms with Crippen molar-refractivity contribution in [3.05, 3.63) is 24.2 Å². The maximum atomic E-state index is 12.2. The summed E-state index contributed by atoms with van der Waals surface area (Å²) in [6, 6.07) is 3.83. The van der Waals surface area contributed by atoms with Crippen LogP contribution in [-0.4, -0.2) is 5.78 Å². The van der Waals surface area contributed by atoms with Gasteiger partial charge < -0.3 is 4.42 Å². The molecule has 1 aliphatic carbocycles. The number of rotatable bonds is 1. The SMILES string of the molecule is O=C1CCCCCCCCCC1c1ccco1. The molecule has 1 aromatic rings. The van der Waals surface area contributed by atoms with Crippen LogP contribution >= 0.6 is 0 Å². The topological polar surface area (TPSA) is 30.2 Å². The lowest BCUT2D eigenvalue weighted by atomic mass is 9.92. The zero-order valence-electron chi connectivity index (χ0n) is 10.5. The van der Waals surface area contributed by atoms with Crippen molar-refractivity contribution >= 4 is 5.78 Å². The monoisotopic (exact) mass is 234 g/mol. The van der Waals surface area contributed by atoms with Crippen LogP contribution in [0.2, 0.25) is 0 Å². The van der Waals surface area contributed by atoms with Crippen molar-refractivity contribution in [1.29, 1.82) is 0 Å². The molecule has 0 aliphatic heterocycles. The summed E-state index contributed by atoms with van der Waals surface area (Å²) in [5.74, 6) is 1.26. The van der Waals surface area contributed by atoms with Gasteiger partial charge in [-0.3, -0.25) is 4.79 Å². The third kappa shape index (κ3) is 3.72. The van der Waals surface area contributed by atoms with E-state index in [9.17, 15) is 4.79 Å². The summed E-state index contributed by atoms with van der Waals surface area (Å²) in [5.41, 5.74) is 0. The fraction of sp³-hybridized carbons (Fsp3) is 0.667. The van der Waals surface area contributed by atoms with E-state index in [-0.39, 0.29) is 5.92 Å². The summed E-state index contributed by atoms with van der Waals surface area (Å²) >= 11 is 0. The maximum Gasteiger partial charge on any atom is 0.143 e. The van der Waals surface area contributed by atoms with Gasteiger partial charge in [0.2, 0.25) is 0 Å². The Bertz CT molecular complexity index is 327. The van der Waals surface area contributed by atoms with Gasteiger partial charge in [-0.25, -0.2) is 0 Å². The van der Waals surface area contributed by atoms with E-state index >= 15 is 0 Å².